The minimum atomic E-state index is 0.607. The lowest BCUT2D eigenvalue weighted by Gasteiger charge is -2.29. The molecule has 0 aliphatic rings. The van der Waals surface area contributed by atoms with Gasteiger partial charge in [0, 0.05) is 19.1 Å². The molecule has 1 N–H and O–H groups in total. The monoisotopic (exact) mass is 262 g/mol. The molecule has 0 amide bonds. The predicted molar refractivity (Wildman–Crippen MR) is 84.6 cm³/mol. The maximum absolute atomic E-state index is 3.62. The molecule has 2 atom stereocenters. The van der Waals surface area contributed by atoms with E-state index in [1.54, 1.807) is 0 Å². The third-order valence-corrected chi connectivity index (χ3v) is 3.93. The van der Waals surface area contributed by atoms with E-state index in [4.69, 9.17) is 0 Å². The molecular weight excluding hydrogens is 232 g/mol. The maximum Gasteiger partial charge on any atom is 0.0220 e. The average molecular weight is 262 g/mol. The van der Waals surface area contributed by atoms with E-state index in [0.29, 0.717) is 6.04 Å². The fourth-order valence-electron chi connectivity index (χ4n) is 2.38. The molecule has 1 aromatic rings. The van der Waals surface area contributed by atoms with Gasteiger partial charge in [-0.25, -0.2) is 0 Å². The summed E-state index contributed by atoms with van der Waals surface area (Å²) in [5.74, 6) is 0.735. The molecule has 0 fully saturated rings. The van der Waals surface area contributed by atoms with E-state index in [2.05, 4.69) is 68.4 Å². The van der Waals surface area contributed by atoms with Gasteiger partial charge in [-0.3, -0.25) is 0 Å². The van der Waals surface area contributed by atoms with Crippen LogP contribution < -0.4 is 5.32 Å². The first-order valence-corrected chi connectivity index (χ1v) is 7.63. The van der Waals surface area contributed by atoms with Gasteiger partial charge in [-0.15, -0.1) is 0 Å². The molecule has 1 rings (SSSR count). The Labute approximate surface area is 119 Å². The van der Waals surface area contributed by atoms with Crippen LogP contribution in [-0.4, -0.2) is 37.6 Å². The van der Waals surface area contributed by atoms with Crippen LogP contribution in [0.2, 0.25) is 0 Å². The standard InChI is InChI=1S/C17H30N2/c1-5-15(3)17(18-6-2)14-19(4)13-12-16-10-8-7-9-11-16/h7-11,15,17-18H,5-6,12-14H2,1-4H3. The summed E-state index contributed by atoms with van der Waals surface area (Å²) < 4.78 is 0. The summed E-state index contributed by atoms with van der Waals surface area (Å²) in [4.78, 5) is 2.45. The highest BCUT2D eigenvalue weighted by Crippen LogP contribution is 2.09. The molecule has 2 unspecified atom stereocenters. The van der Waals surface area contributed by atoms with Gasteiger partial charge in [0.1, 0.15) is 0 Å². The van der Waals surface area contributed by atoms with E-state index in [-0.39, 0.29) is 0 Å². The third kappa shape index (κ3) is 6.22. The molecule has 2 nitrogen and oxygen atoms in total. The highest BCUT2D eigenvalue weighted by Gasteiger charge is 2.16. The van der Waals surface area contributed by atoms with Crippen LogP contribution in [0.1, 0.15) is 32.8 Å². The normalized spacial score (nSPS) is 14.6. The second-order valence-corrected chi connectivity index (χ2v) is 5.55. The zero-order chi connectivity index (χ0) is 14.1. The highest BCUT2D eigenvalue weighted by molar-refractivity contribution is 5.14. The largest absolute Gasteiger partial charge is 0.313 e. The van der Waals surface area contributed by atoms with Crippen molar-refractivity contribution in [1.82, 2.24) is 10.2 Å². The first kappa shape index (κ1) is 16.2. The Balaban J connectivity index is 2.37. The molecule has 0 aliphatic carbocycles. The fourth-order valence-corrected chi connectivity index (χ4v) is 2.38. The van der Waals surface area contributed by atoms with E-state index in [1.165, 1.54) is 12.0 Å². The van der Waals surface area contributed by atoms with Crippen molar-refractivity contribution >= 4 is 0 Å². The van der Waals surface area contributed by atoms with Crippen LogP contribution in [0, 0.1) is 5.92 Å². The van der Waals surface area contributed by atoms with Crippen molar-refractivity contribution in [3.63, 3.8) is 0 Å². The average Bonchev–Trinajstić information content (AvgIpc) is 2.45. The smallest absolute Gasteiger partial charge is 0.0220 e. The van der Waals surface area contributed by atoms with Crippen molar-refractivity contribution in [1.29, 1.82) is 0 Å². The molecule has 0 aliphatic heterocycles. The Hall–Kier alpha value is -0.860. The van der Waals surface area contributed by atoms with Crippen LogP contribution in [0.25, 0.3) is 0 Å². The van der Waals surface area contributed by atoms with Crippen LogP contribution in [0.3, 0.4) is 0 Å². The van der Waals surface area contributed by atoms with Crippen molar-refractivity contribution in [3.05, 3.63) is 35.9 Å². The van der Waals surface area contributed by atoms with Crippen molar-refractivity contribution in [2.24, 2.45) is 5.92 Å². The highest BCUT2D eigenvalue weighted by atomic mass is 15.1. The number of likely N-dealkylation sites (N-methyl/N-ethyl adjacent to an activating group) is 2. The van der Waals surface area contributed by atoms with E-state index >= 15 is 0 Å². The second-order valence-electron chi connectivity index (χ2n) is 5.55. The number of nitrogens with zero attached hydrogens (tertiary/aromatic N) is 1. The molecule has 108 valence electrons. The minimum absolute atomic E-state index is 0.607. The summed E-state index contributed by atoms with van der Waals surface area (Å²) in [6.45, 7) is 10.1. The molecule has 2 heteroatoms. The number of benzene rings is 1. The van der Waals surface area contributed by atoms with E-state index in [0.717, 1.165) is 32.0 Å². The molecular formula is C17H30N2. The summed E-state index contributed by atoms with van der Waals surface area (Å²) in [7, 11) is 2.23. The van der Waals surface area contributed by atoms with Crippen molar-refractivity contribution in [2.45, 2.75) is 39.7 Å². The van der Waals surface area contributed by atoms with Crippen LogP contribution in [0.15, 0.2) is 30.3 Å². The van der Waals surface area contributed by atoms with E-state index < -0.39 is 0 Å². The van der Waals surface area contributed by atoms with Gasteiger partial charge in [0.25, 0.3) is 0 Å². The van der Waals surface area contributed by atoms with Crippen LogP contribution in [0.4, 0.5) is 0 Å². The van der Waals surface area contributed by atoms with Gasteiger partial charge >= 0.3 is 0 Å². The number of hydrogen-bond donors (Lipinski definition) is 1. The summed E-state index contributed by atoms with van der Waals surface area (Å²) in [6.07, 6.45) is 2.38. The Morgan fingerprint density at radius 2 is 1.84 bits per heavy atom. The lowest BCUT2D eigenvalue weighted by atomic mass is 9.98. The summed E-state index contributed by atoms with van der Waals surface area (Å²) in [6, 6.07) is 11.4. The number of rotatable bonds is 9. The molecule has 0 spiro atoms. The summed E-state index contributed by atoms with van der Waals surface area (Å²) in [5, 5.41) is 3.62. The fraction of sp³-hybridized carbons (Fsp3) is 0.647. The Kier molecular flexibility index (Phi) is 7.76. The van der Waals surface area contributed by atoms with Crippen molar-refractivity contribution in [2.75, 3.05) is 26.7 Å². The Morgan fingerprint density at radius 1 is 1.16 bits per heavy atom. The summed E-state index contributed by atoms with van der Waals surface area (Å²) >= 11 is 0. The van der Waals surface area contributed by atoms with Gasteiger partial charge in [0.15, 0.2) is 0 Å². The third-order valence-electron chi connectivity index (χ3n) is 3.93. The molecule has 19 heavy (non-hydrogen) atoms. The van der Waals surface area contributed by atoms with Gasteiger partial charge in [0.05, 0.1) is 0 Å². The summed E-state index contributed by atoms with van der Waals surface area (Å²) in [5.41, 5.74) is 1.43. The zero-order valence-electron chi connectivity index (χ0n) is 13.0. The van der Waals surface area contributed by atoms with Gasteiger partial charge in [-0.1, -0.05) is 57.5 Å². The molecule has 1 aromatic carbocycles. The van der Waals surface area contributed by atoms with Gasteiger partial charge < -0.3 is 10.2 Å². The lowest BCUT2D eigenvalue weighted by Crippen LogP contribution is -2.44. The molecule has 0 aromatic heterocycles. The van der Waals surface area contributed by atoms with E-state index in [9.17, 15) is 0 Å². The first-order valence-electron chi connectivity index (χ1n) is 7.63. The predicted octanol–water partition coefficient (Wildman–Crippen LogP) is 3.19. The van der Waals surface area contributed by atoms with Crippen molar-refractivity contribution < 1.29 is 0 Å². The molecule has 0 radical (unpaired) electrons. The SMILES string of the molecule is CCNC(CN(C)CCc1ccccc1)C(C)CC. The van der Waals surface area contributed by atoms with Gasteiger partial charge in [-0.05, 0) is 31.5 Å². The maximum atomic E-state index is 3.62. The zero-order valence-corrected chi connectivity index (χ0v) is 13.0. The van der Waals surface area contributed by atoms with Crippen molar-refractivity contribution in [3.8, 4) is 0 Å². The number of nitrogens with one attached hydrogen (secondary N) is 1. The molecule has 0 saturated heterocycles. The minimum Gasteiger partial charge on any atom is -0.313 e. The quantitative estimate of drug-likeness (QED) is 0.735. The topological polar surface area (TPSA) is 15.3 Å². The molecule has 0 saturated carbocycles. The van der Waals surface area contributed by atoms with Gasteiger partial charge in [-0.2, -0.15) is 0 Å². The van der Waals surface area contributed by atoms with E-state index in [1.807, 2.05) is 0 Å². The van der Waals surface area contributed by atoms with Gasteiger partial charge in [0.2, 0.25) is 0 Å². The Bertz CT molecular complexity index is 323. The Morgan fingerprint density at radius 3 is 2.42 bits per heavy atom. The van der Waals surface area contributed by atoms with Crippen LogP contribution in [0.5, 0.6) is 0 Å². The van der Waals surface area contributed by atoms with Crippen LogP contribution in [-0.2, 0) is 6.42 Å². The number of hydrogen-bond acceptors (Lipinski definition) is 2. The lowest BCUT2D eigenvalue weighted by molar-refractivity contribution is 0.248. The molecule has 0 bridgehead atoms. The van der Waals surface area contributed by atoms with Crippen LogP contribution >= 0.6 is 0 Å². The molecule has 0 heterocycles. The second kappa shape index (κ2) is 9.11. The first-order chi connectivity index (χ1) is 9.17.